The van der Waals surface area contributed by atoms with E-state index in [2.05, 4.69) is 5.32 Å². The normalized spacial score (nSPS) is 11.4. The van der Waals surface area contributed by atoms with Gasteiger partial charge in [0.25, 0.3) is 0 Å². The first-order valence-electron chi connectivity index (χ1n) is 8.32. The highest BCUT2D eigenvalue weighted by Crippen LogP contribution is 2.12. The SMILES string of the molecule is NC(=O)CN(CCN(CC=O)CC(=O)Nc1ccc(S(N)(=O)=O)cc1)CC(=O)O. The van der Waals surface area contributed by atoms with Crippen molar-refractivity contribution in [3.8, 4) is 0 Å². The molecule has 0 unspecified atom stereocenters. The number of hydrogen-bond donors (Lipinski definition) is 4. The number of amides is 2. The maximum Gasteiger partial charge on any atom is 0.317 e. The number of nitrogens with two attached hydrogens (primary N) is 2. The first-order chi connectivity index (χ1) is 13.5. The summed E-state index contributed by atoms with van der Waals surface area (Å²) in [6.07, 6.45) is 0.587. The molecule has 0 fully saturated rings. The summed E-state index contributed by atoms with van der Waals surface area (Å²) in [6.45, 7) is -0.733. The molecule has 1 rings (SSSR count). The van der Waals surface area contributed by atoms with Crippen LogP contribution in [0.1, 0.15) is 0 Å². The highest BCUT2D eigenvalue weighted by Gasteiger charge is 2.16. The summed E-state index contributed by atoms with van der Waals surface area (Å²) < 4.78 is 22.5. The molecule has 0 saturated heterocycles. The third-order valence-electron chi connectivity index (χ3n) is 3.64. The van der Waals surface area contributed by atoms with Crippen LogP contribution in [-0.2, 0) is 29.2 Å². The second-order valence-electron chi connectivity index (χ2n) is 6.09. The van der Waals surface area contributed by atoms with Gasteiger partial charge in [-0.1, -0.05) is 0 Å². The topological polar surface area (TPSA) is 193 Å². The van der Waals surface area contributed by atoms with Gasteiger partial charge in [-0.15, -0.1) is 0 Å². The third kappa shape index (κ3) is 9.75. The Bertz CT molecular complexity index is 826. The standard InChI is InChI=1S/C16H23N5O7S/c17-14(23)9-21(11-16(25)26)6-5-20(7-8-22)10-15(24)19-12-1-3-13(4-2-12)29(18,27)28/h1-4,8H,5-7,9-11H2,(H2,17,23)(H,19,24)(H,25,26)(H2,18,27,28). The zero-order valence-corrected chi connectivity index (χ0v) is 16.3. The second-order valence-corrected chi connectivity index (χ2v) is 7.65. The maximum atomic E-state index is 12.2. The summed E-state index contributed by atoms with van der Waals surface area (Å²) in [6, 6.07) is 5.20. The molecule has 2 amide bonds. The summed E-state index contributed by atoms with van der Waals surface area (Å²) in [4.78, 5) is 47.6. The van der Waals surface area contributed by atoms with Crippen LogP contribution in [0, 0.1) is 0 Å². The van der Waals surface area contributed by atoms with Crippen molar-refractivity contribution < 1.29 is 32.7 Å². The van der Waals surface area contributed by atoms with Crippen molar-refractivity contribution in [3.63, 3.8) is 0 Å². The van der Waals surface area contributed by atoms with E-state index in [4.69, 9.17) is 16.0 Å². The van der Waals surface area contributed by atoms with Crippen molar-refractivity contribution in [1.29, 1.82) is 0 Å². The van der Waals surface area contributed by atoms with E-state index in [1.807, 2.05) is 0 Å². The fourth-order valence-electron chi connectivity index (χ4n) is 2.38. The number of carbonyl (C=O) groups is 4. The number of primary sulfonamides is 1. The molecule has 0 aromatic heterocycles. The van der Waals surface area contributed by atoms with Crippen LogP contribution >= 0.6 is 0 Å². The molecule has 0 atom stereocenters. The number of aliphatic carboxylic acids is 1. The van der Waals surface area contributed by atoms with E-state index in [0.29, 0.717) is 12.0 Å². The van der Waals surface area contributed by atoms with Gasteiger partial charge in [0.1, 0.15) is 6.29 Å². The van der Waals surface area contributed by atoms with Gasteiger partial charge in [0.05, 0.1) is 31.1 Å². The van der Waals surface area contributed by atoms with E-state index in [-0.39, 0.29) is 37.6 Å². The van der Waals surface area contributed by atoms with Gasteiger partial charge >= 0.3 is 5.97 Å². The summed E-state index contributed by atoms with van der Waals surface area (Å²) in [7, 11) is -3.85. The molecule has 0 radical (unpaired) electrons. The number of hydrogen-bond acceptors (Lipinski definition) is 8. The number of benzene rings is 1. The lowest BCUT2D eigenvalue weighted by atomic mass is 10.3. The number of carboxylic acid groups (broad SMARTS) is 1. The van der Waals surface area contributed by atoms with Crippen molar-refractivity contribution >= 4 is 39.8 Å². The second kappa shape index (κ2) is 11.2. The molecule has 1 aromatic rings. The van der Waals surface area contributed by atoms with Gasteiger partial charge in [0, 0.05) is 18.8 Å². The molecule has 0 saturated carbocycles. The quantitative estimate of drug-likeness (QED) is 0.248. The third-order valence-corrected chi connectivity index (χ3v) is 4.57. The van der Waals surface area contributed by atoms with Crippen molar-refractivity contribution in [1.82, 2.24) is 9.80 Å². The van der Waals surface area contributed by atoms with Gasteiger partial charge in [-0.3, -0.25) is 24.2 Å². The molecule has 13 heteroatoms. The number of carboxylic acids is 1. The molecule has 0 aliphatic heterocycles. The van der Waals surface area contributed by atoms with E-state index in [1.165, 1.54) is 34.1 Å². The minimum Gasteiger partial charge on any atom is -0.480 e. The fraction of sp³-hybridized carbons (Fsp3) is 0.375. The summed E-state index contributed by atoms with van der Waals surface area (Å²) in [5.74, 6) is -2.32. The lowest BCUT2D eigenvalue weighted by Crippen LogP contribution is -2.44. The van der Waals surface area contributed by atoms with Crippen LogP contribution < -0.4 is 16.2 Å². The van der Waals surface area contributed by atoms with Crippen LogP contribution in [0.4, 0.5) is 5.69 Å². The van der Waals surface area contributed by atoms with E-state index >= 15 is 0 Å². The smallest absolute Gasteiger partial charge is 0.317 e. The lowest BCUT2D eigenvalue weighted by molar-refractivity contribution is -0.138. The first-order valence-corrected chi connectivity index (χ1v) is 9.87. The Morgan fingerprint density at radius 2 is 1.62 bits per heavy atom. The highest BCUT2D eigenvalue weighted by molar-refractivity contribution is 7.89. The number of sulfonamides is 1. The van der Waals surface area contributed by atoms with Crippen LogP contribution in [-0.4, -0.2) is 86.7 Å². The maximum absolute atomic E-state index is 12.2. The van der Waals surface area contributed by atoms with Crippen molar-refractivity contribution in [2.75, 3.05) is 44.6 Å². The Labute approximate surface area is 167 Å². The van der Waals surface area contributed by atoms with Crippen molar-refractivity contribution in [3.05, 3.63) is 24.3 Å². The Balaban J connectivity index is 2.67. The predicted molar refractivity (Wildman–Crippen MR) is 102 cm³/mol. The van der Waals surface area contributed by atoms with Crippen LogP contribution in [0.15, 0.2) is 29.2 Å². The molecular formula is C16H23N5O7S. The van der Waals surface area contributed by atoms with E-state index in [1.54, 1.807) is 0 Å². The van der Waals surface area contributed by atoms with Crippen LogP contribution in [0.3, 0.4) is 0 Å². The molecule has 12 nitrogen and oxygen atoms in total. The molecule has 6 N–H and O–H groups in total. The molecule has 0 aliphatic carbocycles. The monoisotopic (exact) mass is 429 g/mol. The average molecular weight is 429 g/mol. The number of nitrogens with one attached hydrogen (secondary N) is 1. The Morgan fingerprint density at radius 1 is 1.03 bits per heavy atom. The Hall–Kier alpha value is -2.87. The molecule has 29 heavy (non-hydrogen) atoms. The fourth-order valence-corrected chi connectivity index (χ4v) is 2.90. The van der Waals surface area contributed by atoms with Crippen molar-refractivity contribution in [2.24, 2.45) is 10.9 Å². The van der Waals surface area contributed by atoms with Gasteiger partial charge in [-0.25, -0.2) is 13.6 Å². The predicted octanol–water partition coefficient (Wildman–Crippen LogP) is -2.35. The van der Waals surface area contributed by atoms with Crippen LogP contribution in [0.5, 0.6) is 0 Å². The molecule has 0 aliphatic rings. The van der Waals surface area contributed by atoms with Gasteiger partial charge < -0.3 is 21.0 Å². The number of rotatable bonds is 13. The molecule has 1 aromatic carbocycles. The van der Waals surface area contributed by atoms with Crippen LogP contribution in [0.2, 0.25) is 0 Å². The zero-order chi connectivity index (χ0) is 22.0. The summed E-state index contributed by atoms with van der Waals surface area (Å²) in [5.41, 5.74) is 5.41. The zero-order valence-electron chi connectivity index (χ0n) is 15.5. The van der Waals surface area contributed by atoms with Crippen molar-refractivity contribution in [2.45, 2.75) is 4.90 Å². The average Bonchev–Trinajstić information content (AvgIpc) is 2.58. The summed E-state index contributed by atoms with van der Waals surface area (Å²) >= 11 is 0. The molecule has 0 spiro atoms. The molecule has 0 bridgehead atoms. The van der Waals surface area contributed by atoms with Crippen LogP contribution in [0.25, 0.3) is 0 Å². The first kappa shape index (κ1) is 24.2. The number of nitrogens with zero attached hydrogens (tertiary/aromatic N) is 2. The molecular weight excluding hydrogens is 406 g/mol. The number of primary amides is 1. The van der Waals surface area contributed by atoms with E-state index in [9.17, 15) is 27.6 Å². The Morgan fingerprint density at radius 3 is 2.10 bits per heavy atom. The highest BCUT2D eigenvalue weighted by atomic mass is 32.2. The van der Waals surface area contributed by atoms with Gasteiger partial charge in [-0.2, -0.15) is 0 Å². The summed E-state index contributed by atoms with van der Waals surface area (Å²) in [5, 5.41) is 16.4. The minimum atomic E-state index is -3.85. The lowest BCUT2D eigenvalue weighted by Gasteiger charge is -2.24. The Kier molecular flexibility index (Phi) is 9.34. The minimum absolute atomic E-state index is 0.0880. The van der Waals surface area contributed by atoms with E-state index < -0.39 is 34.4 Å². The number of anilines is 1. The number of carbonyl (C=O) groups excluding carboxylic acids is 3. The van der Waals surface area contributed by atoms with Gasteiger partial charge in [0.15, 0.2) is 0 Å². The largest absolute Gasteiger partial charge is 0.480 e. The molecule has 160 valence electrons. The molecule has 0 heterocycles. The van der Waals surface area contributed by atoms with E-state index in [0.717, 1.165) is 0 Å². The van der Waals surface area contributed by atoms with Gasteiger partial charge in [-0.05, 0) is 24.3 Å². The van der Waals surface area contributed by atoms with Gasteiger partial charge in [0.2, 0.25) is 21.8 Å². The number of aldehydes is 1.